The lowest BCUT2D eigenvalue weighted by Crippen LogP contribution is -2.30. The van der Waals surface area contributed by atoms with Crippen LogP contribution < -0.4 is 5.32 Å². The van der Waals surface area contributed by atoms with Crippen molar-refractivity contribution < 1.29 is 9.18 Å². The van der Waals surface area contributed by atoms with Crippen molar-refractivity contribution in [1.29, 1.82) is 0 Å². The van der Waals surface area contributed by atoms with Crippen LogP contribution in [-0.4, -0.2) is 16.9 Å². The molecule has 0 unspecified atom stereocenters. The van der Waals surface area contributed by atoms with Gasteiger partial charge in [0.15, 0.2) is 5.82 Å². The molecule has 1 rings (SSSR count). The van der Waals surface area contributed by atoms with Gasteiger partial charge in [0.2, 0.25) is 0 Å². The molecule has 1 aromatic rings. The third-order valence-electron chi connectivity index (χ3n) is 1.49. The maximum Gasteiger partial charge on any atom is 0.254 e. The summed E-state index contributed by atoms with van der Waals surface area (Å²) in [6.45, 7) is 3.62. The molecule has 0 fully saturated rings. The van der Waals surface area contributed by atoms with Gasteiger partial charge in [-0.1, -0.05) is 0 Å². The Labute approximate surface area is 89.9 Å². The number of hydrogen-bond donors (Lipinski definition) is 1. The fourth-order valence-corrected chi connectivity index (χ4v) is 1.26. The van der Waals surface area contributed by atoms with Gasteiger partial charge in [-0.15, -0.1) is 0 Å². The van der Waals surface area contributed by atoms with Crippen molar-refractivity contribution in [3.63, 3.8) is 0 Å². The highest BCUT2D eigenvalue weighted by atomic mass is 79.9. The maximum absolute atomic E-state index is 13.1. The summed E-state index contributed by atoms with van der Waals surface area (Å²) >= 11 is 3.07. The first-order valence-electron chi connectivity index (χ1n) is 4.12. The fourth-order valence-electron chi connectivity index (χ4n) is 0.927. The number of halogens is 2. The van der Waals surface area contributed by atoms with Crippen molar-refractivity contribution in [1.82, 2.24) is 10.3 Å². The van der Waals surface area contributed by atoms with E-state index < -0.39 is 11.7 Å². The van der Waals surface area contributed by atoms with Crippen LogP contribution >= 0.6 is 15.9 Å². The van der Waals surface area contributed by atoms with E-state index in [4.69, 9.17) is 0 Å². The van der Waals surface area contributed by atoms with Crippen LogP contribution in [0.5, 0.6) is 0 Å². The van der Waals surface area contributed by atoms with Crippen LogP contribution in [0.15, 0.2) is 16.9 Å². The van der Waals surface area contributed by atoms with Crippen LogP contribution in [0.3, 0.4) is 0 Å². The average molecular weight is 261 g/mol. The first-order valence-corrected chi connectivity index (χ1v) is 4.92. The zero-order valence-electron chi connectivity index (χ0n) is 7.84. The van der Waals surface area contributed by atoms with Crippen LogP contribution in [0.25, 0.3) is 0 Å². The van der Waals surface area contributed by atoms with Crippen LogP contribution in [0, 0.1) is 5.82 Å². The Morgan fingerprint density at radius 3 is 2.86 bits per heavy atom. The van der Waals surface area contributed by atoms with E-state index in [9.17, 15) is 9.18 Å². The van der Waals surface area contributed by atoms with E-state index in [1.54, 1.807) is 0 Å². The summed E-state index contributed by atoms with van der Waals surface area (Å²) in [6.07, 6.45) is 1.01. The Morgan fingerprint density at radius 1 is 1.64 bits per heavy atom. The van der Waals surface area contributed by atoms with Crippen molar-refractivity contribution in [2.24, 2.45) is 0 Å². The molecule has 0 aliphatic heterocycles. The molecule has 0 atom stereocenters. The number of amides is 1. The molecular weight excluding hydrogens is 251 g/mol. The van der Waals surface area contributed by atoms with Gasteiger partial charge in [0.05, 0.1) is 11.8 Å². The predicted molar refractivity (Wildman–Crippen MR) is 54.5 cm³/mol. The third kappa shape index (κ3) is 2.77. The second kappa shape index (κ2) is 4.50. The third-order valence-corrected chi connectivity index (χ3v) is 1.92. The average Bonchev–Trinajstić information content (AvgIpc) is 2.08. The Kier molecular flexibility index (Phi) is 3.57. The monoisotopic (exact) mass is 260 g/mol. The number of nitrogens with zero attached hydrogens (tertiary/aromatic N) is 1. The van der Waals surface area contributed by atoms with E-state index in [-0.39, 0.29) is 11.6 Å². The molecule has 1 amide bonds. The quantitative estimate of drug-likeness (QED) is 0.828. The second-order valence-corrected chi connectivity index (χ2v) is 3.93. The number of nitrogens with one attached hydrogen (secondary N) is 1. The van der Waals surface area contributed by atoms with Gasteiger partial charge in [-0.05, 0) is 35.8 Å². The largest absolute Gasteiger partial charge is 0.350 e. The van der Waals surface area contributed by atoms with E-state index in [0.29, 0.717) is 4.60 Å². The molecule has 0 aromatic carbocycles. The minimum absolute atomic E-state index is 0.000532. The van der Waals surface area contributed by atoms with Gasteiger partial charge in [0.1, 0.15) is 4.60 Å². The smallest absolute Gasteiger partial charge is 0.254 e. The molecule has 0 saturated carbocycles. The van der Waals surface area contributed by atoms with Crippen molar-refractivity contribution in [2.45, 2.75) is 19.9 Å². The lowest BCUT2D eigenvalue weighted by Gasteiger charge is -2.08. The highest BCUT2D eigenvalue weighted by Crippen LogP contribution is 2.12. The summed E-state index contributed by atoms with van der Waals surface area (Å²) in [5, 5.41) is 2.60. The Balaban J connectivity index is 2.94. The summed E-state index contributed by atoms with van der Waals surface area (Å²) in [6, 6.07) is 1.33. The van der Waals surface area contributed by atoms with Gasteiger partial charge in [-0.2, -0.15) is 0 Å². The van der Waals surface area contributed by atoms with E-state index in [0.717, 1.165) is 6.20 Å². The number of hydrogen-bond acceptors (Lipinski definition) is 2. The molecule has 5 heteroatoms. The standard InChI is InChI=1S/C9H10BrFN2O/c1-5(2)13-9(14)6-3-8(10)12-4-7(6)11/h3-5H,1-2H3,(H,13,14). The summed E-state index contributed by atoms with van der Waals surface area (Å²) in [4.78, 5) is 15.1. The molecule has 0 radical (unpaired) electrons. The molecule has 0 saturated heterocycles. The highest BCUT2D eigenvalue weighted by Gasteiger charge is 2.13. The molecule has 3 nitrogen and oxygen atoms in total. The van der Waals surface area contributed by atoms with E-state index in [1.165, 1.54) is 6.07 Å². The lowest BCUT2D eigenvalue weighted by molar-refractivity contribution is 0.0939. The summed E-state index contributed by atoms with van der Waals surface area (Å²) in [5.41, 5.74) is 0.000532. The normalized spacial score (nSPS) is 10.4. The maximum atomic E-state index is 13.1. The second-order valence-electron chi connectivity index (χ2n) is 3.12. The molecule has 0 aliphatic rings. The van der Waals surface area contributed by atoms with Crippen molar-refractivity contribution in [3.8, 4) is 0 Å². The van der Waals surface area contributed by atoms with Crippen molar-refractivity contribution in [3.05, 3.63) is 28.2 Å². The Bertz CT molecular complexity index is 355. The minimum Gasteiger partial charge on any atom is -0.350 e. The van der Waals surface area contributed by atoms with Crippen LogP contribution in [0.1, 0.15) is 24.2 Å². The van der Waals surface area contributed by atoms with E-state index >= 15 is 0 Å². The SMILES string of the molecule is CC(C)NC(=O)c1cc(Br)ncc1F. The molecule has 1 heterocycles. The topological polar surface area (TPSA) is 42.0 Å². The Morgan fingerprint density at radius 2 is 2.29 bits per heavy atom. The summed E-state index contributed by atoms with van der Waals surface area (Å²) < 4.78 is 13.6. The van der Waals surface area contributed by atoms with Crippen LogP contribution in [0.2, 0.25) is 0 Å². The molecule has 1 aromatic heterocycles. The van der Waals surface area contributed by atoms with Gasteiger partial charge in [0, 0.05) is 6.04 Å². The van der Waals surface area contributed by atoms with Crippen LogP contribution in [0.4, 0.5) is 4.39 Å². The number of carbonyl (C=O) groups excluding carboxylic acids is 1. The molecule has 0 aliphatic carbocycles. The number of aromatic nitrogens is 1. The minimum atomic E-state index is -0.619. The van der Waals surface area contributed by atoms with Gasteiger partial charge < -0.3 is 5.32 Å². The summed E-state index contributed by atoms with van der Waals surface area (Å²) in [5.74, 6) is -1.05. The van der Waals surface area contributed by atoms with Crippen molar-refractivity contribution in [2.75, 3.05) is 0 Å². The molecule has 76 valence electrons. The van der Waals surface area contributed by atoms with Gasteiger partial charge in [-0.3, -0.25) is 4.79 Å². The van der Waals surface area contributed by atoms with Crippen molar-refractivity contribution >= 4 is 21.8 Å². The predicted octanol–water partition coefficient (Wildman–Crippen LogP) is 2.12. The number of carbonyl (C=O) groups is 1. The first kappa shape index (κ1) is 11.1. The first-order chi connectivity index (χ1) is 6.50. The van der Waals surface area contributed by atoms with Crippen LogP contribution in [-0.2, 0) is 0 Å². The molecular formula is C9H10BrFN2O. The van der Waals surface area contributed by atoms with E-state index in [2.05, 4.69) is 26.2 Å². The number of rotatable bonds is 2. The van der Waals surface area contributed by atoms with E-state index in [1.807, 2.05) is 13.8 Å². The number of pyridine rings is 1. The molecule has 1 N–H and O–H groups in total. The molecule has 0 spiro atoms. The fraction of sp³-hybridized carbons (Fsp3) is 0.333. The zero-order chi connectivity index (χ0) is 10.7. The Hall–Kier alpha value is -0.970. The molecule has 14 heavy (non-hydrogen) atoms. The van der Waals surface area contributed by atoms with Gasteiger partial charge in [-0.25, -0.2) is 9.37 Å². The zero-order valence-corrected chi connectivity index (χ0v) is 9.43. The van der Waals surface area contributed by atoms with Gasteiger partial charge in [0.25, 0.3) is 5.91 Å². The summed E-state index contributed by atoms with van der Waals surface area (Å²) in [7, 11) is 0. The van der Waals surface area contributed by atoms with Gasteiger partial charge >= 0.3 is 0 Å². The molecule has 0 bridgehead atoms. The highest BCUT2D eigenvalue weighted by molar-refractivity contribution is 9.10. The lowest BCUT2D eigenvalue weighted by atomic mass is 10.2.